The summed E-state index contributed by atoms with van der Waals surface area (Å²) in [4.78, 5) is 29.0. The molecule has 0 spiro atoms. The molecule has 1 aromatic heterocycles. The van der Waals surface area contributed by atoms with E-state index in [0.717, 1.165) is 21.4 Å². The van der Waals surface area contributed by atoms with Gasteiger partial charge in [0.1, 0.15) is 10.6 Å². The fourth-order valence-electron chi connectivity index (χ4n) is 2.30. The van der Waals surface area contributed by atoms with Crippen LogP contribution < -0.4 is 15.4 Å². The van der Waals surface area contributed by atoms with E-state index in [2.05, 4.69) is 31.5 Å². The van der Waals surface area contributed by atoms with Gasteiger partial charge in [-0.1, -0.05) is 27.3 Å². The zero-order valence-corrected chi connectivity index (χ0v) is 18.4. The number of carbonyl (C=O) groups excluding carboxylic acids is 2. The highest BCUT2D eigenvalue weighted by atomic mass is 79.9. The van der Waals surface area contributed by atoms with Gasteiger partial charge in [0.25, 0.3) is 5.91 Å². The van der Waals surface area contributed by atoms with Gasteiger partial charge in [0.05, 0.1) is 25.0 Å². The van der Waals surface area contributed by atoms with Crippen molar-refractivity contribution in [3.63, 3.8) is 0 Å². The lowest BCUT2D eigenvalue weighted by Crippen LogP contribution is -2.34. The first kappa shape index (κ1) is 21.3. The molecule has 0 aliphatic heterocycles. The molecule has 0 unspecified atom stereocenters. The van der Waals surface area contributed by atoms with Crippen molar-refractivity contribution in [1.82, 2.24) is 10.3 Å². The van der Waals surface area contributed by atoms with Gasteiger partial charge in [0.2, 0.25) is 0 Å². The number of esters is 1. The SMILES string of the molecule is CCOC(=O)c1sc(NC(=S)NC(=O)c2cc(Br)cc(C)c2OC)nc1C. The normalized spacial score (nSPS) is 10.3. The number of ether oxygens (including phenoxy) is 2. The smallest absolute Gasteiger partial charge is 0.350 e. The summed E-state index contributed by atoms with van der Waals surface area (Å²) in [5.41, 5.74) is 1.68. The number of benzene rings is 1. The van der Waals surface area contributed by atoms with Gasteiger partial charge < -0.3 is 14.8 Å². The summed E-state index contributed by atoms with van der Waals surface area (Å²) in [7, 11) is 1.50. The van der Waals surface area contributed by atoms with Crippen LogP contribution in [0.1, 0.15) is 38.2 Å². The number of hydrogen-bond donors (Lipinski definition) is 2. The number of halogens is 1. The number of nitrogens with one attached hydrogen (secondary N) is 2. The third-order valence-corrected chi connectivity index (χ3v) is 5.11. The van der Waals surface area contributed by atoms with E-state index in [1.807, 2.05) is 13.0 Å². The maximum atomic E-state index is 12.6. The molecule has 0 aliphatic rings. The van der Waals surface area contributed by atoms with Gasteiger partial charge in [0, 0.05) is 4.47 Å². The molecule has 0 saturated carbocycles. The van der Waals surface area contributed by atoms with Gasteiger partial charge in [-0.05, 0) is 50.7 Å². The molecule has 0 aliphatic carbocycles. The van der Waals surface area contributed by atoms with Crippen LogP contribution in [0.5, 0.6) is 5.75 Å². The van der Waals surface area contributed by atoms with E-state index in [1.54, 1.807) is 19.9 Å². The molecule has 2 N–H and O–H groups in total. The van der Waals surface area contributed by atoms with E-state index in [4.69, 9.17) is 21.7 Å². The van der Waals surface area contributed by atoms with Crippen LogP contribution in [0, 0.1) is 13.8 Å². The molecule has 10 heteroatoms. The van der Waals surface area contributed by atoms with Crippen LogP contribution in [-0.2, 0) is 4.74 Å². The van der Waals surface area contributed by atoms with Crippen LogP contribution >= 0.6 is 39.5 Å². The number of anilines is 1. The predicted octanol–water partition coefficient (Wildman–Crippen LogP) is 3.83. The van der Waals surface area contributed by atoms with Crippen molar-refractivity contribution in [2.45, 2.75) is 20.8 Å². The first-order valence-corrected chi connectivity index (χ1v) is 9.89. The molecule has 1 heterocycles. The first-order valence-electron chi connectivity index (χ1n) is 7.87. The molecule has 0 saturated heterocycles. The van der Waals surface area contributed by atoms with Crippen molar-refractivity contribution in [2.24, 2.45) is 0 Å². The summed E-state index contributed by atoms with van der Waals surface area (Å²) in [5, 5.41) is 5.85. The molecule has 2 rings (SSSR count). The Morgan fingerprint density at radius 1 is 1.33 bits per heavy atom. The van der Waals surface area contributed by atoms with Crippen LogP contribution in [0.15, 0.2) is 16.6 Å². The molecule has 7 nitrogen and oxygen atoms in total. The topological polar surface area (TPSA) is 89.6 Å². The summed E-state index contributed by atoms with van der Waals surface area (Å²) in [6.45, 7) is 5.55. The van der Waals surface area contributed by atoms with Crippen molar-refractivity contribution in [2.75, 3.05) is 19.0 Å². The summed E-state index contributed by atoms with van der Waals surface area (Å²) < 4.78 is 11.0. The Morgan fingerprint density at radius 3 is 2.67 bits per heavy atom. The Bertz CT molecular complexity index is 899. The number of carbonyl (C=O) groups is 2. The van der Waals surface area contributed by atoms with Crippen molar-refractivity contribution in [1.29, 1.82) is 0 Å². The summed E-state index contributed by atoms with van der Waals surface area (Å²) in [5.74, 6) is -0.398. The Labute approximate surface area is 174 Å². The highest BCUT2D eigenvalue weighted by Gasteiger charge is 2.19. The van der Waals surface area contributed by atoms with Gasteiger partial charge >= 0.3 is 5.97 Å². The van der Waals surface area contributed by atoms with E-state index in [9.17, 15) is 9.59 Å². The third-order valence-electron chi connectivity index (χ3n) is 3.39. The molecule has 0 radical (unpaired) electrons. The number of rotatable bonds is 5. The quantitative estimate of drug-likeness (QED) is 0.505. The lowest BCUT2D eigenvalue weighted by atomic mass is 10.1. The minimum atomic E-state index is -0.440. The summed E-state index contributed by atoms with van der Waals surface area (Å²) >= 11 is 9.65. The number of thiocarbonyl (C=S) groups is 1. The van der Waals surface area contributed by atoms with Crippen molar-refractivity contribution < 1.29 is 19.1 Å². The zero-order chi connectivity index (χ0) is 20.1. The first-order chi connectivity index (χ1) is 12.8. The lowest BCUT2D eigenvalue weighted by Gasteiger charge is -2.13. The molecule has 27 heavy (non-hydrogen) atoms. The van der Waals surface area contributed by atoms with E-state index >= 15 is 0 Å². The summed E-state index contributed by atoms with van der Waals surface area (Å²) in [6.07, 6.45) is 0. The Kier molecular flexibility index (Phi) is 7.28. The summed E-state index contributed by atoms with van der Waals surface area (Å²) in [6, 6.07) is 3.50. The Balaban J connectivity index is 2.12. The van der Waals surface area contributed by atoms with Crippen molar-refractivity contribution in [3.05, 3.63) is 38.3 Å². The van der Waals surface area contributed by atoms with Crippen LogP contribution in [0.2, 0.25) is 0 Å². The van der Waals surface area contributed by atoms with Crippen molar-refractivity contribution >= 4 is 61.6 Å². The monoisotopic (exact) mass is 471 g/mol. The second kappa shape index (κ2) is 9.25. The second-order valence-electron chi connectivity index (χ2n) is 5.37. The number of amides is 1. The average molecular weight is 472 g/mol. The number of aromatic nitrogens is 1. The maximum absolute atomic E-state index is 12.6. The molecule has 2 aromatic rings. The fourth-order valence-corrected chi connectivity index (χ4v) is 4.00. The van der Waals surface area contributed by atoms with E-state index in [-0.39, 0.29) is 11.7 Å². The molecule has 0 fully saturated rings. The third kappa shape index (κ3) is 5.24. The number of methoxy groups -OCH3 is 1. The maximum Gasteiger partial charge on any atom is 0.350 e. The number of nitrogens with zero attached hydrogens (tertiary/aromatic N) is 1. The van der Waals surface area contributed by atoms with Crippen molar-refractivity contribution in [3.8, 4) is 5.75 Å². The largest absolute Gasteiger partial charge is 0.496 e. The molecule has 0 atom stereocenters. The van der Waals surface area contributed by atoms with E-state index in [0.29, 0.717) is 27.0 Å². The highest BCUT2D eigenvalue weighted by molar-refractivity contribution is 9.10. The minimum Gasteiger partial charge on any atom is -0.496 e. The van der Waals surface area contributed by atoms with Gasteiger partial charge in [-0.2, -0.15) is 0 Å². The zero-order valence-electron chi connectivity index (χ0n) is 15.1. The minimum absolute atomic E-state index is 0.0591. The molecule has 0 bridgehead atoms. The predicted molar refractivity (Wildman–Crippen MR) is 112 cm³/mol. The molecule has 144 valence electrons. The van der Waals surface area contributed by atoms with E-state index in [1.165, 1.54) is 7.11 Å². The van der Waals surface area contributed by atoms with Gasteiger partial charge in [-0.15, -0.1) is 0 Å². The fraction of sp³-hybridized carbons (Fsp3) is 0.294. The number of aryl methyl sites for hydroxylation is 2. The van der Waals surface area contributed by atoms with Crippen LogP contribution in [0.3, 0.4) is 0 Å². The van der Waals surface area contributed by atoms with Crippen LogP contribution in [0.4, 0.5) is 5.13 Å². The van der Waals surface area contributed by atoms with Gasteiger partial charge in [-0.25, -0.2) is 9.78 Å². The number of thiazole rings is 1. The van der Waals surface area contributed by atoms with Gasteiger partial charge in [0.15, 0.2) is 10.2 Å². The van der Waals surface area contributed by atoms with Gasteiger partial charge in [-0.3, -0.25) is 10.1 Å². The lowest BCUT2D eigenvalue weighted by molar-refractivity contribution is 0.0531. The van der Waals surface area contributed by atoms with E-state index < -0.39 is 11.9 Å². The Hall–Kier alpha value is -2.04. The van der Waals surface area contributed by atoms with Crippen LogP contribution in [0.25, 0.3) is 0 Å². The second-order valence-corrected chi connectivity index (χ2v) is 7.69. The molecule has 1 aromatic carbocycles. The van der Waals surface area contributed by atoms with Crippen LogP contribution in [-0.4, -0.2) is 35.7 Å². The highest BCUT2D eigenvalue weighted by Crippen LogP contribution is 2.28. The number of hydrogen-bond acceptors (Lipinski definition) is 7. The Morgan fingerprint density at radius 2 is 2.04 bits per heavy atom. The molecular formula is C17H18BrN3O4S2. The standard InChI is InChI=1S/C17H18BrN3O4S2/c1-5-25-15(23)13-9(3)19-17(27-13)21-16(26)20-14(22)11-7-10(18)6-8(2)12(11)24-4/h6-7H,5H2,1-4H3,(H2,19,20,21,22,26). The molecular weight excluding hydrogens is 454 g/mol. The molecule has 1 amide bonds. The average Bonchev–Trinajstić information content (AvgIpc) is 2.94.